The van der Waals surface area contributed by atoms with Crippen molar-refractivity contribution in [3.05, 3.63) is 96.1 Å². The lowest BCUT2D eigenvalue weighted by molar-refractivity contribution is 1.51. The third-order valence-electron chi connectivity index (χ3n) is 6.17. The fourth-order valence-corrected chi connectivity index (χ4v) is 4.87. The molecule has 28 heavy (non-hydrogen) atoms. The summed E-state index contributed by atoms with van der Waals surface area (Å²) >= 11 is 0. The fraction of sp³-hybridized carbons (Fsp3) is 0.0714. The second kappa shape index (κ2) is 5.56. The highest BCUT2D eigenvalue weighted by Crippen LogP contribution is 2.40. The molecule has 0 atom stereocenters. The normalized spacial score (nSPS) is 11.9. The van der Waals surface area contributed by atoms with Gasteiger partial charge in [0.05, 0.1) is 0 Å². The molecule has 6 aromatic rings. The molecule has 0 spiro atoms. The maximum Gasteiger partial charge on any atom is -0.00142 e. The molecule has 0 radical (unpaired) electrons. The Morgan fingerprint density at radius 1 is 0.429 bits per heavy atom. The van der Waals surface area contributed by atoms with Gasteiger partial charge < -0.3 is 0 Å². The van der Waals surface area contributed by atoms with E-state index in [4.69, 9.17) is 0 Å². The van der Waals surface area contributed by atoms with Crippen LogP contribution in [0, 0.1) is 13.8 Å². The van der Waals surface area contributed by atoms with Crippen LogP contribution >= 0.6 is 0 Å². The molecule has 0 aliphatic heterocycles. The number of benzene rings is 6. The van der Waals surface area contributed by atoms with Crippen molar-refractivity contribution in [2.45, 2.75) is 13.8 Å². The van der Waals surface area contributed by atoms with Crippen LogP contribution in [0.15, 0.2) is 84.9 Å². The van der Waals surface area contributed by atoms with Gasteiger partial charge in [-0.05, 0) is 73.3 Å². The lowest BCUT2D eigenvalue weighted by atomic mass is 9.89. The third-order valence-corrected chi connectivity index (χ3v) is 6.17. The molecule has 6 rings (SSSR count). The summed E-state index contributed by atoms with van der Waals surface area (Å²) in [6.45, 7) is 4.40. The van der Waals surface area contributed by atoms with Crippen molar-refractivity contribution in [3.8, 4) is 0 Å². The summed E-state index contributed by atoms with van der Waals surface area (Å²) in [5.74, 6) is 0. The SMILES string of the molecule is Cc1ccc2c(ccc3ccc4ccc5ccc6cccc(C)c6c5c4c32)c1. The van der Waals surface area contributed by atoms with Gasteiger partial charge in [0.25, 0.3) is 0 Å². The molecule has 0 unspecified atom stereocenters. The molecule has 0 heteroatoms. The van der Waals surface area contributed by atoms with Crippen LogP contribution in [-0.4, -0.2) is 0 Å². The van der Waals surface area contributed by atoms with E-state index in [1.54, 1.807) is 0 Å². The number of hydrogen-bond donors (Lipinski definition) is 0. The molecule has 0 heterocycles. The number of fused-ring (bicyclic) bond motifs is 9. The molecule has 0 saturated heterocycles. The molecule has 0 fully saturated rings. The van der Waals surface area contributed by atoms with Crippen molar-refractivity contribution in [3.63, 3.8) is 0 Å². The van der Waals surface area contributed by atoms with Crippen LogP contribution in [0.25, 0.3) is 53.9 Å². The highest BCUT2D eigenvalue weighted by atomic mass is 14.2. The fourth-order valence-electron chi connectivity index (χ4n) is 4.87. The number of aryl methyl sites for hydroxylation is 2. The van der Waals surface area contributed by atoms with Gasteiger partial charge in [-0.15, -0.1) is 0 Å². The van der Waals surface area contributed by atoms with Gasteiger partial charge in [0, 0.05) is 0 Å². The van der Waals surface area contributed by atoms with Crippen LogP contribution < -0.4 is 0 Å². The van der Waals surface area contributed by atoms with Crippen molar-refractivity contribution in [1.82, 2.24) is 0 Å². The molecule has 0 saturated carbocycles. The molecule has 0 amide bonds. The summed E-state index contributed by atoms with van der Waals surface area (Å²) in [4.78, 5) is 0. The molecule has 0 N–H and O–H groups in total. The maximum absolute atomic E-state index is 2.29. The van der Waals surface area contributed by atoms with Crippen LogP contribution in [0.3, 0.4) is 0 Å². The minimum absolute atomic E-state index is 1.30. The van der Waals surface area contributed by atoms with Crippen LogP contribution in [-0.2, 0) is 0 Å². The lowest BCUT2D eigenvalue weighted by Crippen LogP contribution is -1.87. The van der Waals surface area contributed by atoms with Crippen LogP contribution in [0.1, 0.15) is 11.1 Å². The van der Waals surface area contributed by atoms with E-state index >= 15 is 0 Å². The molecule has 0 aliphatic rings. The Balaban J connectivity index is 2.01. The van der Waals surface area contributed by atoms with E-state index in [9.17, 15) is 0 Å². The molecular formula is C28H20. The van der Waals surface area contributed by atoms with Crippen LogP contribution in [0.4, 0.5) is 0 Å². The predicted octanol–water partition coefficient (Wildman–Crippen LogP) is 8.07. The van der Waals surface area contributed by atoms with Gasteiger partial charge in [-0.2, -0.15) is 0 Å². The summed E-state index contributed by atoms with van der Waals surface area (Å²) in [6.07, 6.45) is 0. The zero-order valence-electron chi connectivity index (χ0n) is 16.1. The minimum Gasteiger partial charge on any atom is -0.0614 e. The van der Waals surface area contributed by atoms with Crippen molar-refractivity contribution < 1.29 is 0 Å². The summed E-state index contributed by atoms with van der Waals surface area (Å²) in [7, 11) is 0. The van der Waals surface area contributed by atoms with Crippen LogP contribution in [0.2, 0.25) is 0 Å². The summed E-state index contributed by atoms with van der Waals surface area (Å²) < 4.78 is 0. The Kier molecular flexibility index (Phi) is 3.11. The first-order chi connectivity index (χ1) is 13.7. The van der Waals surface area contributed by atoms with Crippen molar-refractivity contribution >= 4 is 53.9 Å². The van der Waals surface area contributed by atoms with Crippen molar-refractivity contribution in [1.29, 1.82) is 0 Å². The number of rotatable bonds is 0. The van der Waals surface area contributed by atoms with Crippen molar-refractivity contribution in [2.24, 2.45) is 0 Å². The average molecular weight is 356 g/mol. The first-order valence-electron chi connectivity index (χ1n) is 9.87. The summed E-state index contributed by atoms with van der Waals surface area (Å²) in [6, 6.07) is 31.6. The molecule has 132 valence electrons. The van der Waals surface area contributed by atoms with Crippen LogP contribution in [0.5, 0.6) is 0 Å². The zero-order chi connectivity index (χ0) is 18.8. The summed E-state index contributed by atoms with van der Waals surface area (Å²) in [5, 5.41) is 13.4. The molecule has 0 bridgehead atoms. The smallest absolute Gasteiger partial charge is 0.00142 e. The van der Waals surface area contributed by atoms with E-state index in [0.29, 0.717) is 0 Å². The van der Waals surface area contributed by atoms with E-state index < -0.39 is 0 Å². The highest BCUT2D eigenvalue weighted by molar-refractivity contribution is 6.32. The molecule has 0 aliphatic carbocycles. The third kappa shape index (κ3) is 2.06. The molecular weight excluding hydrogens is 336 g/mol. The maximum atomic E-state index is 2.29. The van der Waals surface area contributed by atoms with E-state index in [2.05, 4.69) is 98.8 Å². The van der Waals surface area contributed by atoms with Gasteiger partial charge in [0.15, 0.2) is 0 Å². The molecule has 6 aromatic carbocycles. The minimum atomic E-state index is 1.30. The summed E-state index contributed by atoms with van der Waals surface area (Å²) in [5.41, 5.74) is 2.64. The second-order valence-corrected chi connectivity index (χ2v) is 7.95. The predicted molar refractivity (Wildman–Crippen MR) is 123 cm³/mol. The highest BCUT2D eigenvalue weighted by Gasteiger charge is 2.12. The average Bonchev–Trinajstić information content (AvgIpc) is 2.72. The van der Waals surface area contributed by atoms with Crippen molar-refractivity contribution in [2.75, 3.05) is 0 Å². The largest absolute Gasteiger partial charge is 0.0614 e. The Morgan fingerprint density at radius 3 is 1.64 bits per heavy atom. The standard InChI is InChI=1S/C28H20/c1-17-6-15-24-23(16-17)14-13-20-8-10-22-12-11-21-9-7-19-5-3-4-18(2)25(19)27(21)28(22)26(20)24/h3-16H,1-2H3. The Labute approximate surface area is 164 Å². The Morgan fingerprint density at radius 2 is 0.964 bits per heavy atom. The first kappa shape index (κ1) is 15.7. The second-order valence-electron chi connectivity index (χ2n) is 7.95. The Bertz CT molecular complexity index is 1560. The van der Waals surface area contributed by atoms with Gasteiger partial charge in [0.2, 0.25) is 0 Å². The number of hydrogen-bond acceptors (Lipinski definition) is 0. The molecule has 0 aromatic heterocycles. The first-order valence-corrected chi connectivity index (χ1v) is 9.87. The van der Waals surface area contributed by atoms with Gasteiger partial charge in [0.1, 0.15) is 0 Å². The van der Waals surface area contributed by atoms with E-state index in [-0.39, 0.29) is 0 Å². The molecule has 0 nitrogen and oxygen atoms in total. The van der Waals surface area contributed by atoms with Gasteiger partial charge in [-0.1, -0.05) is 90.5 Å². The zero-order valence-corrected chi connectivity index (χ0v) is 16.1. The van der Waals surface area contributed by atoms with E-state index in [1.807, 2.05) is 0 Å². The van der Waals surface area contributed by atoms with Gasteiger partial charge in [-0.25, -0.2) is 0 Å². The van der Waals surface area contributed by atoms with E-state index in [0.717, 1.165) is 0 Å². The lowest BCUT2D eigenvalue weighted by Gasteiger charge is -2.14. The monoisotopic (exact) mass is 356 g/mol. The Hall–Kier alpha value is -3.38. The van der Waals surface area contributed by atoms with Gasteiger partial charge >= 0.3 is 0 Å². The van der Waals surface area contributed by atoms with E-state index in [1.165, 1.54) is 65.0 Å². The van der Waals surface area contributed by atoms with Gasteiger partial charge in [-0.3, -0.25) is 0 Å². The topological polar surface area (TPSA) is 0 Å². The quantitative estimate of drug-likeness (QED) is 0.241.